The highest BCUT2D eigenvalue weighted by Gasteiger charge is 2.32. The van der Waals surface area contributed by atoms with Crippen LogP contribution in [0.15, 0.2) is 29.3 Å². The Morgan fingerprint density at radius 3 is 2.86 bits per heavy atom. The second kappa shape index (κ2) is 7.53. The average Bonchev–Trinajstić information content (AvgIpc) is 2.73. The predicted octanol–water partition coefficient (Wildman–Crippen LogP) is 1.44. The zero-order valence-electron chi connectivity index (χ0n) is 15.9. The molecule has 2 aliphatic heterocycles. The van der Waals surface area contributed by atoms with Gasteiger partial charge in [-0.3, -0.25) is 19.4 Å². The molecule has 146 valence electrons. The third-order valence-electron chi connectivity index (χ3n) is 5.52. The molecule has 1 saturated heterocycles. The van der Waals surface area contributed by atoms with Crippen molar-refractivity contribution < 1.29 is 9.59 Å². The molecule has 8 nitrogen and oxygen atoms in total. The molecule has 8 heteroatoms. The van der Waals surface area contributed by atoms with Crippen LogP contribution >= 0.6 is 0 Å². The predicted molar refractivity (Wildman–Crippen MR) is 102 cm³/mol. The molecule has 0 bridgehead atoms. The van der Waals surface area contributed by atoms with E-state index >= 15 is 0 Å². The van der Waals surface area contributed by atoms with Gasteiger partial charge in [0.2, 0.25) is 5.91 Å². The number of pyridine rings is 1. The number of nitrogens with zero attached hydrogens (tertiary/aromatic N) is 4. The minimum Gasteiger partial charge on any atom is -0.337 e. The van der Waals surface area contributed by atoms with Gasteiger partial charge in [0, 0.05) is 38.0 Å². The van der Waals surface area contributed by atoms with Crippen LogP contribution in [0.2, 0.25) is 0 Å². The topological polar surface area (TPSA) is 99.3 Å². The molecular weight excluding hydrogens is 358 g/mol. The number of rotatable bonds is 2. The van der Waals surface area contributed by atoms with Crippen molar-refractivity contribution in [1.82, 2.24) is 24.8 Å². The Hall–Kier alpha value is -3.03. The Morgan fingerprint density at radius 1 is 1.25 bits per heavy atom. The van der Waals surface area contributed by atoms with Crippen molar-refractivity contribution in [3.05, 3.63) is 57.5 Å². The molecule has 2 amide bonds. The first kappa shape index (κ1) is 18.3. The maximum atomic E-state index is 13.0. The lowest BCUT2D eigenvalue weighted by molar-refractivity contribution is -0.129. The highest BCUT2D eigenvalue weighted by molar-refractivity contribution is 5.94. The molecule has 0 aromatic carbocycles. The van der Waals surface area contributed by atoms with E-state index in [1.54, 1.807) is 34.3 Å². The van der Waals surface area contributed by atoms with Crippen LogP contribution in [0.1, 0.15) is 59.7 Å². The minimum absolute atomic E-state index is 0.0275. The van der Waals surface area contributed by atoms with Gasteiger partial charge >= 0.3 is 0 Å². The van der Waals surface area contributed by atoms with E-state index < -0.39 is 0 Å². The molecular formula is C20H23N5O3. The van der Waals surface area contributed by atoms with Crippen molar-refractivity contribution in [3.63, 3.8) is 0 Å². The average molecular weight is 381 g/mol. The Kier molecular flexibility index (Phi) is 4.93. The second-order valence-electron chi connectivity index (χ2n) is 7.32. The van der Waals surface area contributed by atoms with Gasteiger partial charge < -0.3 is 14.8 Å². The summed E-state index contributed by atoms with van der Waals surface area (Å²) < 4.78 is 0. The zero-order chi connectivity index (χ0) is 19.7. The lowest BCUT2D eigenvalue weighted by Gasteiger charge is -2.35. The van der Waals surface area contributed by atoms with Crippen molar-refractivity contribution in [2.75, 3.05) is 13.1 Å². The molecule has 1 fully saturated rings. The number of hydrogen-bond acceptors (Lipinski definition) is 5. The van der Waals surface area contributed by atoms with Crippen molar-refractivity contribution in [2.45, 2.75) is 45.2 Å². The standard InChI is InChI=1S/C20H23N5O3/c1-13(26)24-10-7-15-16(12-24)22-18(23-19(15)27)17-6-2-3-9-25(17)20(28)14-5-4-8-21-11-14/h4-5,8,11,17H,2-3,6-7,9-10,12H2,1H3,(H,22,23,27)/t17-/m0/s1. The van der Waals surface area contributed by atoms with Gasteiger partial charge in [0.05, 0.1) is 23.8 Å². The molecule has 4 heterocycles. The molecule has 0 aliphatic carbocycles. The van der Waals surface area contributed by atoms with E-state index in [-0.39, 0.29) is 23.4 Å². The number of likely N-dealkylation sites (tertiary alicyclic amines) is 1. The normalized spacial score (nSPS) is 19.2. The lowest BCUT2D eigenvalue weighted by Crippen LogP contribution is -2.42. The van der Waals surface area contributed by atoms with E-state index in [0.29, 0.717) is 48.7 Å². The van der Waals surface area contributed by atoms with Gasteiger partial charge in [-0.15, -0.1) is 0 Å². The molecule has 2 aromatic heterocycles. The van der Waals surface area contributed by atoms with Crippen LogP contribution < -0.4 is 5.56 Å². The fourth-order valence-electron chi connectivity index (χ4n) is 4.00. The van der Waals surface area contributed by atoms with Crippen molar-refractivity contribution in [3.8, 4) is 0 Å². The molecule has 0 unspecified atom stereocenters. The molecule has 4 rings (SSSR count). The number of H-pyrrole nitrogens is 1. The quantitative estimate of drug-likeness (QED) is 0.849. The summed E-state index contributed by atoms with van der Waals surface area (Å²) in [7, 11) is 0. The van der Waals surface area contributed by atoms with Gasteiger partial charge in [-0.05, 0) is 37.8 Å². The van der Waals surface area contributed by atoms with E-state index in [1.165, 1.54) is 6.92 Å². The van der Waals surface area contributed by atoms with Crippen LogP contribution in [0, 0.1) is 0 Å². The summed E-state index contributed by atoms with van der Waals surface area (Å²) in [6, 6.07) is 3.20. The molecule has 0 radical (unpaired) electrons. The Labute approximate surface area is 162 Å². The molecule has 28 heavy (non-hydrogen) atoms. The highest BCUT2D eigenvalue weighted by Crippen LogP contribution is 2.30. The third-order valence-corrected chi connectivity index (χ3v) is 5.52. The van der Waals surface area contributed by atoms with Crippen LogP contribution in [0.25, 0.3) is 0 Å². The number of piperidine rings is 1. The first-order valence-corrected chi connectivity index (χ1v) is 9.63. The number of carbonyl (C=O) groups excluding carboxylic acids is 2. The van der Waals surface area contributed by atoms with Crippen LogP contribution in [0.3, 0.4) is 0 Å². The van der Waals surface area contributed by atoms with Crippen molar-refractivity contribution in [2.24, 2.45) is 0 Å². The summed E-state index contributed by atoms with van der Waals surface area (Å²) in [5.74, 6) is 0.370. The maximum absolute atomic E-state index is 13.0. The van der Waals surface area contributed by atoms with Crippen LogP contribution in [-0.4, -0.2) is 49.7 Å². The maximum Gasteiger partial charge on any atom is 0.256 e. The summed E-state index contributed by atoms with van der Waals surface area (Å²) in [5.41, 5.74) is 1.64. The lowest BCUT2D eigenvalue weighted by atomic mass is 9.99. The van der Waals surface area contributed by atoms with Gasteiger partial charge in [0.1, 0.15) is 5.82 Å². The monoisotopic (exact) mass is 381 g/mol. The Bertz CT molecular complexity index is 956. The molecule has 1 atom stereocenters. The SMILES string of the molecule is CC(=O)N1CCc2c(nc([C@@H]3CCCCN3C(=O)c3cccnc3)[nH]c2=O)C1. The van der Waals surface area contributed by atoms with Gasteiger partial charge in [-0.1, -0.05) is 0 Å². The third kappa shape index (κ3) is 3.42. The molecule has 2 aromatic rings. The van der Waals surface area contributed by atoms with Gasteiger partial charge in [-0.25, -0.2) is 4.98 Å². The van der Waals surface area contributed by atoms with Crippen LogP contribution in [-0.2, 0) is 17.8 Å². The Balaban J connectivity index is 1.68. The summed E-state index contributed by atoms with van der Waals surface area (Å²) >= 11 is 0. The van der Waals surface area contributed by atoms with Gasteiger partial charge in [-0.2, -0.15) is 0 Å². The largest absolute Gasteiger partial charge is 0.337 e. The van der Waals surface area contributed by atoms with Gasteiger partial charge in [0.15, 0.2) is 0 Å². The smallest absolute Gasteiger partial charge is 0.256 e. The Morgan fingerprint density at radius 2 is 2.11 bits per heavy atom. The minimum atomic E-state index is -0.285. The molecule has 1 N–H and O–H groups in total. The fraction of sp³-hybridized carbons (Fsp3) is 0.450. The van der Waals surface area contributed by atoms with E-state index in [9.17, 15) is 14.4 Å². The highest BCUT2D eigenvalue weighted by atomic mass is 16.2. The number of hydrogen-bond donors (Lipinski definition) is 1. The van der Waals surface area contributed by atoms with E-state index in [4.69, 9.17) is 4.98 Å². The number of aromatic nitrogens is 3. The van der Waals surface area contributed by atoms with Crippen molar-refractivity contribution in [1.29, 1.82) is 0 Å². The van der Waals surface area contributed by atoms with E-state index in [1.807, 2.05) is 0 Å². The number of aromatic amines is 1. The number of nitrogens with one attached hydrogen (secondary N) is 1. The summed E-state index contributed by atoms with van der Waals surface area (Å²) in [5, 5.41) is 0. The first-order valence-electron chi connectivity index (χ1n) is 9.63. The van der Waals surface area contributed by atoms with Crippen LogP contribution in [0.4, 0.5) is 0 Å². The van der Waals surface area contributed by atoms with Gasteiger partial charge in [0.25, 0.3) is 11.5 Å². The second-order valence-corrected chi connectivity index (χ2v) is 7.32. The van der Waals surface area contributed by atoms with E-state index in [2.05, 4.69) is 9.97 Å². The number of fused-ring (bicyclic) bond motifs is 1. The summed E-state index contributed by atoms with van der Waals surface area (Å²) in [6.45, 7) is 3.00. The molecule has 2 aliphatic rings. The number of carbonyl (C=O) groups is 2. The molecule has 0 saturated carbocycles. The van der Waals surface area contributed by atoms with Crippen LogP contribution in [0.5, 0.6) is 0 Å². The first-order chi connectivity index (χ1) is 13.5. The molecule has 0 spiro atoms. The zero-order valence-corrected chi connectivity index (χ0v) is 15.9. The number of amides is 2. The summed E-state index contributed by atoms with van der Waals surface area (Å²) in [6.07, 6.45) is 6.30. The fourth-order valence-corrected chi connectivity index (χ4v) is 4.00. The van der Waals surface area contributed by atoms with Crippen molar-refractivity contribution >= 4 is 11.8 Å². The summed E-state index contributed by atoms with van der Waals surface area (Å²) in [4.78, 5) is 52.5. The van der Waals surface area contributed by atoms with E-state index in [0.717, 1.165) is 19.3 Å².